The van der Waals surface area contributed by atoms with Crippen molar-refractivity contribution in [1.82, 2.24) is 0 Å². The van der Waals surface area contributed by atoms with Gasteiger partial charge in [0.2, 0.25) is 0 Å². The van der Waals surface area contributed by atoms with E-state index < -0.39 is 0 Å². The van der Waals surface area contributed by atoms with Crippen molar-refractivity contribution in [2.24, 2.45) is 0 Å². The molecule has 0 atom stereocenters. The van der Waals surface area contributed by atoms with Gasteiger partial charge in [-0.1, -0.05) is 49.0 Å². The molecule has 2 aromatic rings. The molecular weight excluding hydrogens is 328 g/mol. The Morgan fingerprint density at radius 1 is 0.885 bits per heavy atom. The molecule has 0 aliphatic heterocycles. The lowest BCUT2D eigenvalue weighted by atomic mass is 10.1. The number of ether oxygens (including phenoxy) is 2. The number of rotatable bonds is 9. The third kappa shape index (κ3) is 6.55. The molecule has 136 valence electrons. The highest BCUT2D eigenvalue weighted by atomic mass is 16.5. The van der Waals surface area contributed by atoms with Crippen molar-refractivity contribution >= 4 is 11.9 Å². The molecule has 0 radical (unpaired) electrons. The van der Waals surface area contributed by atoms with Gasteiger partial charge in [0.1, 0.15) is 5.75 Å². The van der Waals surface area contributed by atoms with E-state index in [1.165, 1.54) is 0 Å². The summed E-state index contributed by atoms with van der Waals surface area (Å²) in [6.07, 6.45) is 2.56. The number of hydrogen-bond donors (Lipinski definition) is 0. The summed E-state index contributed by atoms with van der Waals surface area (Å²) >= 11 is 0. The Balaban J connectivity index is 1.66. The standard InChI is InChI=1S/C22H24O4/c1-17(2)22(24)25-16-8-4-7-11-21(23)26-20-14-12-19(13-15-20)18-9-5-3-6-10-18/h3,5-6,9-10,12-15H,1,4,7-8,11,16H2,2H3. The molecule has 0 aliphatic carbocycles. The molecule has 0 aromatic heterocycles. The van der Waals surface area contributed by atoms with Crippen LogP contribution in [-0.2, 0) is 14.3 Å². The van der Waals surface area contributed by atoms with Crippen LogP contribution in [0.25, 0.3) is 11.1 Å². The molecule has 4 heteroatoms. The van der Waals surface area contributed by atoms with E-state index >= 15 is 0 Å². The summed E-state index contributed by atoms with van der Waals surface area (Å²) in [5.74, 6) is -0.0789. The lowest BCUT2D eigenvalue weighted by Gasteiger charge is -2.06. The summed E-state index contributed by atoms with van der Waals surface area (Å²) in [6, 6.07) is 17.5. The van der Waals surface area contributed by atoms with Crippen molar-refractivity contribution in [1.29, 1.82) is 0 Å². The van der Waals surface area contributed by atoms with E-state index in [-0.39, 0.29) is 11.9 Å². The third-order valence-electron chi connectivity index (χ3n) is 3.80. The summed E-state index contributed by atoms with van der Waals surface area (Å²) < 4.78 is 10.3. The highest BCUT2D eigenvalue weighted by molar-refractivity contribution is 5.86. The zero-order valence-corrected chi connectivity index (χ0v) is 15.1. The zero-order chi connectivity index (χ0) is 18.8. The van der Waals surface area contributed by atoms with Crippen LogP contribution in [0.1, 0.15) is 32.6 Å². The molecule has 0 saturated carbocycles. The van der Waals surface area contributed by atoms with Crippen LogP contribution in [0, 0.1) is 0 Å². The van der Waals surface area contributed by atoms with Crippen LogP contribution < -0.4 is 4.74 Å². The zero-order valence-electron chi connectivity index (χ0n) is 15.1. The van der Waals surface area contributed by atoms with E-state index in [0.29, 0.717) is 30.8 Å². The first-order valence-electron chi connectivity index (χ1n) is 8.75. The lowest BCUT2D eigenvalue weighted by molar-refractivity contribution is -0.139. The minimum atomic E-state index is -0.372. The molecule has 0 fully saturated rings. The van der Waals surface area contributed by atoms with Gasteiger partial charge in [0.25, 0.3) is 0 Å². The van der Waals surface area contributed by atoms with Gasteiger partial charge in [-0.05, 0) is 49.4 Å². The monoisotopic (exact) mass is 352 g/mol. The molecule has 2 rings (SSSR count). The van der Waals surface area contributed by atoms with Crippen molar-refractivity contribution in [2.45, 2.75) is 32.6 Å². The highest BCUT2D eigenvalue weighted by Gasteiger charge is 2.06. The van der Waals surface area contributed by atoms with Crippen LogP contribution in [0.3, 0.4) is 0 Å². The first-order chi connectivity index (χ1) is 12.6. The predicted molar refractivity (Wildman–Crippen MR) is 102 cm³/mol. The molecule has 0 spiro atoms. The van der Waals surface area contributed by atoms with Gasteiger partial charge in [0.15, 0.2) is 0 Å². The first kappa shape index (κ1) is 19.4. The molecule has 0 bridgehead atoms. The average molecular weight is 352 g/mol. The predicted octanol–water partition coefficient (Wildman–Crippen LogP) is 4.94. The van der Waals surface area contributed by atoms with E-state index in [1.54, 1.807) is 19.1 Å². The number of carbonyl (C=O) groups is 2. The largest absolute Gasteiger partial charge is 0.462 e. The van der Waals surface area contributed by atoms with Crippen LogP contribution >= 0.6 is 0 Å². The molecule has 0 unspecified atom stereocenters. The van der Waals surface area contributed by atoms with E-state index in [1.807, 2.05) is 42.5 Å². The first-order valence-corrected chi connectivity index (χ1v) is 8.75. The van der Waals surface area contributed by atoms with Crippen LogP contribution in [0.4, 0.5) is 0 Å². The molecule has 0 N–H and O–H groups in total. The van der Waals surface area contributed by atoms with Gasteiger partial charge >= 0.3 is 11.9 Å². The maximum absolute atomic E-state index is 11.9. The van der Waals surface area contributed by atoms with Crippen LogP contribution in [0.5, 0.6) is 5.75 Å². The minimum Gasteiger partial charge on any atom is -0.462 e. The molecule has 2 aromatic carbocycles. The van der Waals surface area contributed by atoms with Gasteiger partial charge in [-0.3, -0.25) is 4.79 Å². The molecule has 0 heterocycles. The number of carbonyl (C=O) groups excluding carboxylic acids is 2. The highest BCUT2D eigenvalue weighted by Crippen LogP contribution is 2.22. The van der Waals surface area contributed by atoms with Crippen molar-refractivity contribution in [2.75, 3.05) is 6.61 Å². The molecule has 0 aliphatic rings. The van der Waals surface area contributed by atoms with Crippen LogP contribution in [-0.4, -0.2) is 18.5 Å². The van der Waals surface area contributed by atoms with Gasteiger partial charge in [0, 0.05) is 12.0 Å². The fourth-order valence-corrected chi connectivity index (χ4v) is 2.36. The van der Waals surface area contributed by atoms with E-state index in [9.17, 15) is 9.59 Å². The molecule has 4 nitrogen and oxygen atoms in total. The number of benzene rings is 2. The normalized spacial score (nSPS) is 10.2. The number of esters is 2. The molecule has 0 amide bonds. The van der Waals surface area contributed by atoms with E-state index in [0.717, 1.165) is 24.0 Å². The quantitative estimate of drug-likeness (QED) is 0.278. The van der Waals surface area contributed by atoms with E-state index in [2.05, 4.69) is 6.58 Å². The van der Waals surface area contributed by atoms with Crippen LogP contribution in [0.15, 0.2) is 66.7 Å². The molecule has 0 saturated heterocycles. The van der Waals surface area contributed by atoms with Gasteiger partial charge < -0.3 is 9.47 Å². The lowest BCUT2D eigenvalue weighted by Crippen LogP contribution is -2.08. The second-order valence-corrected chi connectivity index (χ2v) is 6.09. The van der Waals surface area contributed by atoms with Gasteiger partial charge in [-0.2, -0.15) is 0 Å². The summed E-state index contributed by atoms with van der Waals surface area (Å²) in [7, 11) is 0. The third-order valence-corrected chi connectivity index (χ3v) is 3.80. The number of hydrogen-bond acceptors (Lipinski definition) is 4. The molecule has 26 heavy (non-hydrogen) atoms. The smallest absolute Gasteiger partial charge is 0.333 e. The van der Waals surface area contributed by atoms with Gasteiger partial charge in [-0.25, -0.2) is 4.79 Å². The Morgan fingerprint density at radius 2 is 1.54 bits per heavy atom. The Hall–Kier alpha value is -2.88. The van der Waals surface area contributed by atoms with Gasteiger partial charge in [0.05, 0.1) is 6.61 Å². The van der Waals surface area contributed by atoms with Crippen LogP contribution in [0.2, 0.25) is 0 Å². The Labute approximate surface area is 154 Å². The summed E-state index contributed by atoms with van der Waals surface area (Å²) in [6.45, 7) is 5.48. The summed E-state index contributed by atoms with van der Waals surface area (Å²) in [5, 5.41) is 0. The second kappa shape index (κ2) is 10.2. The Morgan fingerprint density at radius 3 is 2.19 bits per heavy atom. The van der Waals surface area contributed by atoms with Crippen molar-refractivity contribution in [3.8, 4) is 16.9 Å². The Kier molecular flexibility index (Phi) is 7.62. The maximum Gasteiger partial charge on any atom is 0.333 e. The van der Waals surface area contributed by atoms with E-state index in [4.69, 9.17) is 9.47 Å². The Bertz CT molecular complexity index is 732. The second-order valence-electron chi connectivity index (χ2n) is 6.09. The maximum atomic E-state index is 11.9. The summed E-state index contributed by atoms with van der Waals surface area (Å²) in [5.41, 5.74) is 2.60. The average Bonchev–Trinajstić information content (AvgIpc) is 2.65. The SMILES string of the molecule is C=C(C)C(=O)OCCCCCC(=O)Oc1ccc(-c2ccccc2)cc1. The number of unbranched alkanes of at least 4 members (excludes halogenated alkanes) is 2. The summed E-state index contributed by atoms with van der Waals surface area (Å²) in [4.78, 5) is 23.1. The van der Waals surface area contributed by atoms with Crippen molar-refractivity contribution in [3.05, 3.63) is 66.7 Å². The molecular formula is C22H24O4. The fraction of sp³-hybridized carbons (Fsp3) is 0.273. The minimum absolute atomic E-state index is 0.253. The fourth-order valence-electron chi connectivity index (χ4n) is 2.36. The topological polar surface area (TPSA) is 52.6 Å². The van der Waals surface area contributed by atoms with Gasteiger partial charge in [-0.15, -0.1) is 0 Å². The van der Waals surface area contributed by atoms with Crippen molar-refractivity contribution in [3.63, 3.8) is 0 Å². The van der Waals surface area contributed by atoms with Crippen molar-refractivity contribution < 1.29 is 19.1 Å².